The molecule has 0 amide bonds. The summed E-state index contributed by atoms with van der Waals surface area (Å²) in [4.78, 5) is 10.4. The molecule has 0 bridgehead atoms. The van der Waals surface area contributed by atoms with Gasteiger partial charge in [-0.25, -0.2) is 4.39 Å². The number of fused-ring (bicyclic) bond motifs is 1. The Kier molecular flexibility index (Phi) is 2.68. The number of aldehydes is 1. The van der Waals surface area contributed by atoms with Crippen LogP contribution in [0.5, 0.6) is 5.75 Å². The second-order valence-electron chi connectivity index (χ2n) is 3.57. The largest absolute Gasteiger partial charge is 0.487 e. The van der Waals surface area contributed by atoms with E-state index in [1.165, 1.54) is 18.2 Å². The number of aryl methyl sites for hydroxylation is 1. The highest BCUT2D eigenvalue weighted by Gasteiger charge is 2.25. The summed E-state index contributed by atoms with van der Waals surface area (Å²) in [5.41, 5.74) is 0.782. The van der Waals surface area contributed by atoms with E-state index in [0.29, 0.717) is 24.9 Å². The molecule has 1 N–H and O–H groups in total. The monoisotopic (exact) mass is 210 g/mol. The van der Waals surface area contributed by atoms with Crippen LogP contribution in [0.4, 0.5) is 4.39 Å². The van der Waals surface area contributed by atoms with E-state index in [0.717, 1.165) is 5.56 Å². The minimum atomic E-state index is -1.11. The zero-order valence-corrected chi connectivity index (χ0v) is 8.02. The molecule has 0 aliphatic carbocycles. The predicted molar refractivity (Wildman–Crippen MR) is 51.2 cm³/mol. The van der Waals surface area contributed by atoms with Gasteiger partial charge in [0, 0.05) is 0 Å². The molecule has 15 heavy (non-hydrogen) atoms. The normalized spacial score (nSPS) is 21.3. The summed E-state index contributed by atoms with van der Waals surface area (Å²) in [5, 5.41) is 9.30. The highest BCUT2D eigenvalue weighted by Crippen LogP contribution is 2.28. The fraction of sp³-hybridized carbons (Fsp3) is 0.364. The van der Waals surface area contributed by atoms with E-state index in [2.05, 4.69) is 0 Å². The molecule has 1 heterocycles. The second-order valence-corrected chi connectivity index (χ2v) is 3.57. The van der Waals surface area contributed by atoms with Crippen molar-refractivity contribution in [2.24, 2.45) is 0 Å². The summed E-state index contributed by atoms with van der Waals surface area (Å²) in [6.07, 6.45) is -0.0262. The quantitative estimate of drug-likeness (QED) is 0.743. The lowest BCUT2D eigenvalue weighted by Gasteiger charge is -2.27. The number of benzene rings is 1. The van der Waals surface area contributed by atoms with Gasteiger partial charge in [-0.3, -0.25) is 0 Å². The van der Waals surface area contributed by atoms with Gasteiger partial charge in [0.1, 0.15) is 23.8 Å². The Labute approximate surface area is 86.5 Å². The van der Waals surface area contributed by atoms with Crippen LogP contribution < -0.4 is 4.74 Å². The van der Waals surface area contributed by atoms with Crippen LogP contribution in [0, 0.1) is 5.82 Å². The van der Waals surface area contributed by atoms with Crippen molar-refractivity contribution < 1.29 is 19.0 Å². The van der Waals surface area contributed by atoms with Gasteiger partial charge >= 0.3 is 0 Å². The summed E-state index contributed by atoms with van der Waals surface area (Å²) in [6.45, 7) is 0. The molecule has 1 aliphatic rings. The number of rotatable bonds is 2. The van der Waals surface area contributed by atoms with Crippen LogP contribution in [0.2, 0.25) is 0 Å². The first-order valence-corrected chi connectivity index (χ1v) is 4.79. The van der Waals surface area contributed by atoms with Crippen molar-refractivity contribution in [2.75, 3.05) is 0 Å². The van der Waals surface area contributed by atoms with Crippen molar-refractivity contribution >= 4 is 6.29 Å². The Balaban J connectivity index is 2.20. The molecule has 1 aliphatic heterocycles. The molecular formula is C11H11FO3. The summed E-state index contributed by atoms with van der Waals surface area (Å²) in [5.74, 6) is 0.250. The van der Waals surface area contributed by atoms with Crippen LogP contribution in [0.25, 0.3) is 0 Å². The Morgan fingerprint density at radius 1 is 1.60 bits per heavy atom. The van der Waals surface area contributed by atoms with E-state index in [9.17, 15) is 14.3 Å². The van der Waals surface area contributed by atoms with Gasteiger partial charge in [0.25, 0.3) is 0 Å². The summed E-state index contributed by atoms with van der Waals surface area (Å²) in [6, 6.07) is 4.24. The van der Waals surface area contributed by atoms with Crippen LogP contribution >= 0.6 is 0 Å². The Hall–Kier alpha value is -1.42. The van der Waals surface area contributed by atoms with Gasteiger partial charge in [-0.15, -0.1) is 0 Å². The second kappa shape index (κ2) is 3.98. The third-order valence-corrected chi connectivity index (χ3v) is 2.52. The molecule has 0 saturated heterocycles. The maximum atomic E-state index is 12.9. The average molecular weight is 210 g/mol. The molecule has 2 rings (SSSR count). The van der Waals surface area contributed by atoms with Crippen LogP contribution in [0.1, 0.15) is 12.0 Å². The molecule has 0 radical (unpaired) electrons. The van der Waals surface area contributed by atoms with E-state index in [1.807, 2.05) is 0 Å². The fourth-order valence-electron chi connectivity index (χ4n) is 1.71. The van der Waals surface area contributed by atoms with Crippen LogP contribution in [0.3, 0.4) is 0 Å². The molecule has 3 nitrogen and oxygen atoms in total. The first-order valence-electron chi connectivity index (χ1n) is 4.79. The number of halogens is 1. The van der Waals surface area contributed by atoms with Crippen molar-refractivity contribution in [3.05, 3.63) is 29.6 Å². The van der Waals surface area contributed by atoms with E-state index in [-0.39, 0.29) is 5.82 Å². The smallest absolute Gasteiger partial charge is 0.152 e. The Morgan fingerprint density at radius 3 is 3.13 bits per heavy atom. The van der Waals surface area contributed by atoms with Gasteiger partial charge in [0.05, 0.1) is 0 Å². The van der Waals surface area contributed by atoms with Gasteiger partial charge < -0.3 is 14.6 Å². The Morgan fingerprint density at radius 2 is 2.40 bits per heavy atom. The molecule has 0 spiro atoms. The third kappa shape index (κ3) is 1.99. The zero-order chi connectivity index (χ0) is 10.8. The topological polar surface area (TPSA) is 46.5 Å². The van der Waals surface area contributed by atoms with Crippen LogP contribution in [-0.4, -0.2) is 23.6 Å². The predicted octanol–water partition coefficient (Wildman–Crippen LogP) is 1.08. The van der Waals surface area contributed by atoms with E-state index in [1.54, 1.807) is 0 Å². The van der Waals surface area contributed by atoms with E-state index < -0.39 is 12.2 Å². The minimum absolute atomic E-state index is 0.299. The highest BCUT2D eigenvalue weighted by molar-refractivity contribution is 5.57. The number of aliphatic hydroxyl groups excluding tert-OH is 1. The van der Waals surface area contributed by atoms with Crippen molar-refractivity contribution in [2.45, 2.75) is 25.0 Å². The SMILES string of the molecule is O=CC(O)C1CCc2cc(F)ccc2O1. The Bertz CT molecular complexity index is 378. The van der Waals surface area contributed by atoms with Gasteiger partial charge in [-0.1, -0.05) is 0 Å². The number of hydrogen-bond donors (Lipinski definition) is 1. The molecule has 1 aromatic carbocycles. The highest BCUT2D eigenvalue weighted by atomic mass is 19.1. The van der Waals surface area contributed by atoms with E-state index >= 15 is 0 Å². The lowest BCUT2D eigenvalue weighted by Crippen LogP contribution is -2.35. The standard InChI is InChI=1S/C11H11FO3/c12-8-2-4-10-7(5-8)1-3-11(15-10)9(14)6-13/h2,4-6,9,11,14H,1,3H2. The first-order chi connectivity index (χ1) is 7.20. The van der Waals surface area contributed by atoms with Crippen LogP contribution in [-0.2, 0) is 11.2 Å². The fourth-order valence-corrected chi connectivity index (χ4v) is 1.71. The summed E-state index contributed by atoms with van der Waals surface area (Å²) in [7, 11) is 0. The molecule has 0 fully saturated rings. The molecule has 4 heteroatoms. The number of aliphatic hydroxyl groups is 1. The molecular weight excluding hydrogens is 199 g/mol. The number of carbonyl (C=O) groups is 1. The molecule has 0 aromatic heterocycles. The maximum absolute atomic E-state index is 12.9. The molecule has 0 saturated carbocycles. The maximum Gasteiger partial charge on any atom is 0.152 e. The number of carbonyl (C=O) groups excluding carboxylic acids is 1. The molecule has 1 aromatic rings. The van der Waals surface area contributed by atoms with Gasteiger partial charge in [-0.05, 0) is 36.6 Å². The van der Waals surface area contributed by atoms with Crippen molar-refractivity contribution in [3.63, 3.8) is 0 Å². The van der Waals surface area contributed by atoms with Crippen molar-refractivity contribution in [1.82, 2.24) is 0 Å². The zero-order valence-electron chi connectivity index (χ0n) is 8.02. The molecule has 2 atom stereocenters. The first kappa shape index (κ1) is 10.1. The van der Waals surface area contributed by atoms with Gasteiger partial charge in [-0.2, -0.15) is 0 Å². The van der Waals surface area contributed by atoms with Crippen molar-refractivity contribution in [3.8, 4) is 5.75 Å². The average Bonchev–Trinajstić information content (AvgIpc) is 2.27. The molecule has 2 unspecified atom stereocenters. The van der Waals surface area contributed by atoms with Gasteiger partial charge in [0.2, 0.25) is 0 Å². The molecule has 80 valence electrons. The van der Waals surface area contributed by atoms with Crippen LogP contribution in [0.15, 0.2) is 18.2 Å². The third-order valence-electron chi connectivity index (χ3n) is 2.52. The summed E-state index contributed by atoms with van der Waals surface area (Å²) >= 11 is 0. The number of hydrogen-bond acceptors (Lipinski definition) is 3. The minimum Gasteiger partial charge on any atom is -0.487 e. The van der Waals surface area contributed by atoms with Gasteiger partial charge in [0.15, 0.2) is 6.29 Å². The number of ether oxygens (including phenoxy) is 1. The lowest BCUT2D eigenvalue weighted by molar-refractivity contribution is -0.119. The van der Waals surface area contributed by atoms with E-state index in [4.69, 9.17) is 4.74 Å². The lowest BCUT2D eigenvalue weighted by atomic mass is 9.99. The summed E-state index contributed by atoms with van der Waals surface area (Å²) < 4.78 is 18.2. The van der Waals surface area contributed by atoms with Crippen molar-refractivity contribution in [1.29, 1.82) is 0 Å².